The molecule has 3 N–H and O–H groups in total. The van der Waals surface area contributed by atoms with Gasteiger partial charge in [0, 0.05) is 30.1 Å². The van der Waals surface area contributed by atoms with E-state index in [1.165, 1.54) is 12.4 Å². The second-order valence-corrected chi connectivity index (χ2v) is 8.88. The number of benzene rings is 2. The molecular formula is C23H20FN5O2S. The summed E-state index contributed by atoms with van der Waals surface area (Å²) in [6, 6.07) is 10.6. The van der Waals surface area contributed by atoms with Crippen LogP contribution in [0.1, 0.15) is 18.4 Å². The fourth-order valence-electron chi connectivity index (χ4n) is 4.11. The van der Waals surface area contributed by atoms with E-state index in [2.05, 4.69) is 15.3 Å². The van der Waals surface area contributed by atoms with Crippen LogP contribution in [0.3, 0.4) is 0 Å². The fraction of sp³-hybridized carbons (Fsp3) is 0.217. The Morgan fingerprint density at radius 2 is 2.06 bits per heavy atom. The van der Waals surface area contributed by atoms with Gasteiger partial charge in [-0.2, -0.15) is 0 Å². The van der Waals surface area contributed by atoms with Crippen molar-refractivity contribution in [1.29, 1.82) is 0 Å². The average Bonchev–Trinajstić information content (AvgIpc) is 3.09. The van der Waals surface area contributed by atoms with Crippen LogP contribution in [0.15, 0.2) is 47.6 Å². The number of imide groups is 1. The Hall–Kier alpha value is -3.30. The van der Waals surface area contributed by atoms with Crippen molar-refractivity contribution >= 4 is 45.6 Å². The fourth-order valence-corrected chi connectivity index (χ4v) is 4.79. The summed E-state index contributed by atoms with van der Waals surface area (Å²) in [7, 11) is 0. The predicted octanol–water partition coefficient (Wildman–Crippen LogP) is 3.69. The Kier molecular flexibility index (Phi) is 5.36. The van der Waals surface area contributed by atoms with Gasteiger partial charge in [0.2, 0.25) is 0 Å². The number of amides is 2. The first-order valence-corrected chi connectivity index (χ1v) is 11.1. The Balaban J connectivity index is 1.52. The largest absolute Gasteiger partial charge is 0.368 e. The Morgan fingerprint density at radius 1 is 1.19 bits per heavy atom. The van der Waals surface area contributed by atoms with Crippen LogP contribution in [0.25, 0.3) is 28.2 Å². The third kappa shape index (κ3) is 3.96. The van der Waals surface area contributed by atoms with E-state index in [1.54, 1.807) is 12.1 Å². The lowest BCUT2D eigenvalue weighted by Gasteiger charge is -2.32. The maximum atomic E-state index is 15.1. The number of aromatic nitrogens is 2. The first-order chi connectivity index (χ1) is 15.5. The number of anilines is 1. The SMILES string of the molecule is N[C@@H]1CCCN(c2ccc(-c3ncnc4ccc(C=C5SC(=O)NC5=O)cc34)cc2F)C1. The van der Waals surface area contributed by atoms with Crippen molar-refractivity contribution in [3.05, 3.63) is 59.0 Å². The summed E-state index contributed by atoms with van der Waals surface area (Å²) in [5.74, 6) is -0.737. The molecule has 2 aromatic carbocycles. The Labute approximate surface area is 187 Å². The smallest absolute Gasteiger partial charge is 0.290 e. The molecule has 2 saturated heterocycles. The number of carbonyl (C=O) groups is 2. The highest BCUT2D eigenvalue weighted by Gasteiger charge is 2.25. The lowest BCUT2D eigenvalue weighted by molar-refractivity contribution is -0.115. The molecular weight excluding hydrogens is 429 g/mol. The van der Waals surface area contributed by atoms with E-state index in [-0.39, 0.29) is 11.9 Å². The zero-order valence-electron chi connectivity index (χ0n) is 17.0. The van der Waals surface area contributed by atoms with Gasteiger partial charge in [0.1, 0.15) is 12.1 Å². The number of fused-ring (bicyclic) bond motifs is 1. The first-order valence-electron chi connectivity index (χ1n) is 10.3. The number of piperidine rings is 1. The highest BCUT2D eigenvalue weighted by Crippen LogP contribution is 2.32. The minimum Gasteiger partial charge on any atom is -0.368 e. The molecule has 1 aromatic heterocycles. The second-order valence-electron chi connectivity index (χ2n) is 7.87. The number of halogens is 1. The van der Waals surface area contributed by atoms with E-state index in [0.29, 0.717) is 33.9 Å². The molecule has 2 aliphatic heterocycles. The molecule has 162 valence electrons. The number of rotatable bonds is 3. The maximum Gasteiger partial charge on any atom is 0.290 e. The summed E-state index contributed by atoms with van der Waals surface area (Å²) in [6.07, 6.45) is 4.99. The summed E-state index contributed by atoms with van der Waals surface area (Å²) in [5, 5.41) is 2.57. The number of thioether (sulfide) groups is 1. The van der Waals surface area contributed by atoms with Crippen LogP contribution in [-0.2, 0) is 4.79 Å². The predicted molar refractivity (Wildman–Crippen MR) is 123 cm³/mol. The number of nitrogens with zero attached hydrogens (tertiary/aromatic N) is 3. The van der Waals surface area contributed by atoms with Gasteiger partial charge in [0.25, 0.3) is 11.1 Å². The monoisotopic (exact) mass is 449 g/mol. The molecule has 9 heteroatoms. The van der Waals surface area contributed by atoms with E-state index < -0.39 is 11.1 Å². The minimum absolute atomic E-state index is 0.0524. The van der Waals surface area contributed by atoms with Gasteiger partial charge in [-0.15, -0.1) is 0 Å². The third-order valence-corrected chi connectivity index (χ3v) is 6.43. The van der Waals surface area contributed by atoms with E-state index >= 15 is 4.39 Å². The van der Waals surface area contributed by atoms with Crippen LogP contribution in [-0.4, -0.2) is 40.2 Å². The molecule has 2 aliphatic rings. The zero-order valence-corrected chi connectivity index (χ0v) is 17.9. The van der Waals surface area contributed by atoms with Gasteiger partial charge in [0.15, 0.2) is 0 Å². The highest BCUT2D eigenvalue weighted by atomic mass is 32.2. The Morgan fingerprint density at radius 3 is 2.81 bits per heavy atom. The van der Waals surface area contributed by atoms with E-state index in [1.807, 2.05) is 29.2 Å². The molecule has 2 amide bonds. The van der Waals surface area contributed by atoms with Crippen molar-refractivity contribution in [2.24, 2.45) is 5.73 Å². The quantitative estimate of drug-likeness (QED) is 0.588. The van der Waals surface area contributed by atoms with E-state index in [0.717, 1.165) is 42.1 Å². The molecule has 0 saturated carbocycles. The maximum absolute atomic E-state index is 15.1. The standard InChI is InChI=1S/C23H20FN5O2S/c24-17-10-14(4-6-19(17)29-7-1-2-15(25)11-29)21-16-8-13(3-5-18(16)26-12-27-21)9-20-22(30)28-23(31)32-20/h3-6,8-10,12,15H,1-2,7,11,25H2,(H,28,30,31)/t15-/m1/s1. The lowest BCUT2D eigenvalue weighted by Crippen LogP contribution is -2.43. The van der Waals surface area contributed by atoms with Crippen LogP contribution >= 0.6 is 11.8 Å². The summed E-state index contributed by atoms with van der Waals surface area (Å²) in [6.45, 7) is 1.42. The summed E-state index contributed by atoms with van der Waals surface area (Å²) < 4.78 is 15.1. The summed E-state index contributed by atoms with van der Waals surface area (Å²) in [5.41, 5.74) is 9.24. The third-order valence-electron chi connectivity index (χ3n) is 5.62. The highest BCUT2D eigenvalue weighted by molar-refractivity contribution is 8.18. The molecule has 0 aliphatic carbocycles. The van der Waals surface area contributed by atoms with E-state index in [4.69, 9.17) is 5.73 Å². The molecule has 0 radical (unpaired) electrons. The van der Waals surface area contributed by atoms with E-state index in [9.17, 15) is 9.59 Å². The van der Waals surface area contributed by atoms with Gasteiger partial charge < -0.3 is 10.6 Å². The van der Waals surface area contributed by atoms with Crippen LogP contribution in [0.2, 0.25) is 0 Å². The van der Waals surface area contributed by atoms with Crippen molar-refractivity contribution in [2.75, 3.05) is 18.0 Å². The number of nitrogens with two attached hydrogens (primary N) is 1. The van der Waals surface area contributed by atoms with Crippen molar-refractivity contribution in [3.8, 4) is 11.3 Å². The number of hydrogen-bond donors (Lipinski definition) is 2. The number of hydrogen-bond acceptors (Lipinski definition) is 7. The van der Waals surface area contributed by atoms with Crippen molar-refractivity contribution in [3.63, 3.8) is 0 Å². The van der Waals surface area contributed by atoms with Gasteiger partial charge in [-0.3, -0.25) is 14.9 Å². The van der Waals surface area contributed by atoms with Crippen LogP contribution in [0.4, 0.5) is 14.9 Å². The Bertz CT molecular complexity index is 1280. The molecule has 0 spiro atoms. The zero-order chi connectivity index (χ0) is 22.2. The number of nitrogens with one attached hydrogen (secondary N) is 1. The molecule has 32 heavy (non-hydrogen) atoms. The van der Waals surface area contributed by atoms with Crippen LogP contribution < -0.4 is 16.0 Å². The van der Waals surface area contributed by atoms with Crippen molar-refractivity contribution < 1.29 is 14.0 Å². The first kappa shape index (κ1) is 20.6. The van der Waals surface area contributed by atoms with Crippen molar-refractivity contribution in [1.82, 2.24) is 15.3 Å². The molecule has 7 nitrogen and oxygen atoms in total. The molecule has 5 rings (SSSR count). The van der Waals surface area contributed by atoms with Gasteiger partial charge in [-0.05, 0) is 60.5 Å². The average molecular weight is 450 g/mol. The molecule has 2 fully saturated rings. The molecule has 0 bridgehead atoms. The molecule has 1 atom stereocenters. The second kappa shape index (κ2) is 8.33. The van der Waals surface area contributed by atoms with Crippen LogP contribution in [0.5, 0.6) is 0 Å². The van der Waals surface area contributed by atoms with Gasteiger partial charge in [0.05, 0.1) is 21.8 Å². The topological polar surface area (TPSA) is 101 Å². The molecule has 0 unspecified atom stereocenters. The summed E-state index contributed by atoms with van der Waals surface area (Å²) >= 11 is 0.859. The van der Waals surface area contributed by atoms with Gasteiger partial charge in [-0.1, -0.05) is 12.1 Å². The normalized spacial score (nSPS) is 20.2. The lowest BCUT2D eigenvalue weighted by atomic mass is 10.0. The van der Waals surface area contributed by atoms with Crippen molar-refractivity contribution in [2.45, 2.75) is 18.9 Å². The molecule has 3 aromatic rings. The molecule has 3 heterocycles. The van der Waals surface area contributed by atoms with Crippen LogP contribution in [0, 0.1) is 5.82 Å². The summed E-state index contributed by atoms with van der Waals surface area (Å²) in [4.78, 5) is 34.3. The minimum atomic E-state index is -0.417. The van der Waals surface area contributed by atoms with Gasteiger partial charge in [-0.25, -0.2) is 14.4 Å². The van der Waals surface area contributed by atoms with Gasteiger partial charge >= 0.3 is 0 Å². The number of carbonyl (C=O) groups excluding carboxylic acids is 2.